The maximum atomic E-state index is 6.13. The van der Waals surface area contributed by atoms with Crippen LogP contribution in [0, 0.1) is 5.92 Å². The van der Waals surface area contributed by atoms with E-state index >= 15 is 0 Å². The molecule has 0 spiro atoms. The van der Waals surface area contributed by atoms with Crippen molar-refractivity contribution in [3.8, 4) is 22.4 Å². The topological polar surface area (TPSA) is 26.0 Å². The minimum Gasteiger partial charge on any atom is -0.456 e. The van der Waals surface area contributed by atoms with E-state index in [0.29, 0.717) is 0 Å². The number of pyridine rings is 1. The number of fused-ring (bicyclic) bond motifs is 3. The molecule has 3 aromatic carbocycles. The Kier molecular flexibility index (Phi) is 4.57. The van der Waals surface area contributed by atoms with Gasteiger partial charge in [-0.2, -0.15) is 0 Å². The van der Waals surface area contributed by atoms with Crippen molar-refractivity contribution in [2.75, 3.05) is 0 Å². The van der Waals surface area contributed by atoms with E-state index in [-0.39, 0.29) is 0 Å². The van der Waals surface area contributed by atoms with Crippen molar-refractivity contribution in [3.63, 3.8) is 0 Å². The summed E-state index contributed by atoms with van der Waals surface area (Å²) in [4.78, 5) is 4.69. The first-order chi connectivity index (χ1) is 15.3. The Hall–Kier alpha value is -3.39. The van der Waals surface area contributed by atoms with Crippen molar-refractivity contribution in [3.05, 3.63) is 90.6 Å². The van der Waals surface area contributed by atoms with E-state index < -0.39 is 0 Å². The Morgan fingerprint density at radius 3 is 2.19 bits per heavy atom. The molecule has 1 aliphatic rings. The van der Waals surface area contributed by atoms with Gasteiger partial charge < -0.3 is 4.42 Å². The third-order valence-corrected chi connectivity index (χ3v) is 6.70. The number of hydrogen-bond donors (Lipinski definition) is 0. The molecule has 0 radical (unpaired) electrons. The fraction of sp³-hybridized carbons (Fsp3) is 0.207. The molecule has 2 aromatic heterocycles. The molecule has 152 valence electrons. The van der Waals surface area contributed by atoms with Gasteiger partial charge in [0.15, 0.2) is 0 Å². The maximum Gasteiger partial charge on any atom is 0.135 e. The van der Waals surface area contributed by atoms with E-state index in [1.54, 1.807) is 0 Å². The smallest absolute Gasteiger partial charge is 0.135 e. The number of benzene rings is 3. The Morgan fingerprint density at radius 1 is 0.710 bits per heavy atom. The van der Waals surface area contributed by atoms with Crippen molar-refractivity contribution >= 4 is 21.9 Å². The summed E-state index contributed by atoms with van der Waals surface area (Å²) in [6, 6.07) is 27.9. The van der Waals surface area contributed by atoms with Crippen LogP contribution in [0.2, 0.25) is 0 Å². The van der Waals surface area contributed by atoms with Crippen LogP contribution in [0.1, 0.15) is 31.2 Å². The summed E-state index contributed by atoms with van der Waals surface area (Å²) in [5.74, 6) is 0.840. The molecule has 0 aliphatic heterocycles. The van der Waals surface area contributed by atoms with Gasteiger partial charge in [0, 0.05) is 22.5 Å². The van der Waals surface area contributed by atoms with Crippen molar-refractivity contribution in [1.29, 1.82) is 0 Å². The second-order valence-corrected chi connectivity index (χ2v) is 8.79. The molecule has 0 atom stereocenters. The number of hydrogen-bond acceptors (Lipinski definition) is 2. The molecular formula is C29H25NO. The minimum atomic E-state index is 0.840. The van der Waals surface area contributed by atoms with Crippen LogP contribution in [0.4, 0.5) is 0 Å². The van der Waals surface area contributed by atoms with Crippen molar-refractivity contribution < 1.29 is 4.42 Å². The van der Waals surface area contributed by atoms with E-state index in [2.05, 4.69) is 83.8 Å². The van der Waals surface area contributed by atoms with Gasteiger partial charge in [0.25, 0.3) is 0 Å². The average molecular weight is 404 g/mol. The van der Waals surface area contributed by atoms with Crippen LogP contribution in [-0.2, 0) is 6.42 Å². The average Bonchev–Trinajstić information content (AvgIpc) is 3.46. The van der Waals surface area contributed by atoms with E-state index in [1.165, 1.54) is 48.8 Å². The highest BCUT2D eigenvalue weighted by Gasteiger charge is 2.16. The van der Waals surface area contributed by atoms with Gasteiger partial charge in [0.2, 0.25) is 0 Å². The molecule has 0 unspecified atom stereocenters. The van der Waals surface area contributed by atoms with Crippen LogP contribution >= 0.6 is 0 Å². The first kappa shape index (κ1) is 18.4. The lowest BCUT2D eigenvalue weighted by Gasteiger charge is -2.10. The van der Waals surface area contributed by atoms with Gasteiger partial charge in [-0.15, -0.1) is 0 Å². The maximum absolute atomic E-state index is 6.13. The Morgan fingerprint density at radius 2 is 1.42 bits per heavy atom. The summed E-state index contributed by atoms with van der Waals surface area (Å²) in [6.07, 6.45) is 8.65. The molecule has 2 heterocycles. The standard InChI is InChI=1S/C29H25NO/c1-2-8-22(9-3-1)23-10-12-28-25(18-23)26-19-24(11-13-29(26)31-28)27-17-21(14-15-30-27)16-20-6-4-5-7-20/h1-3,8-15,17-20H,4-7,16H2. The molecule has 31 heavy (non-hydrogen) atoms. The van der Waals surface area contributed by atoms with E-state index in [9.17, 15) is 0 Å². The normalized spacial score (nSPS) is 14.6. The van der Waals surface area contributed by atoms with E-state index in [4.69, 9.17) is 4.42 Å². The van der Waals surface area contributed by atoms with Gasteiger partial charge >= 0.3 is 0 Å². The number of nitrogens with zero attached hydrogens (tertiary/aromatic N) is 1. The lowest BCUT2D eigenvalue weighted by molar-refractivity contribution is 0.546. The molecule has 0 amide bonds. The largest absolute Gasteiger partial charge is 0.456 e. The van der Waals surface area contributed by atoms with Crippen molar-refractivity contribution in [2.24, 2.45) is 5.92 Å². The summed E-state index contributed by atoms with van der Waals surface area (Å²) in [7, 11) is 0. The fourth-order valence-electron chi connectivity index (χ4n) is 5.05. The van der Waals surface area contributed by atoms with Gasteiger partial charge in [0.05, 0.1) is 5.69 Å². The second-order valence-electron chi connectivity index (χ2n) is 8.79. The quantitative estimate of drug-likeness (QED) is 0.303. The third-order valence-electron chi connectivity index (χ3n) is 6.70. The SMILES string of the molecule is c1ccc(-c2ccc3oc4ccc(-c5cc(CC6CCCC6)ccn5)cc4c3c2)cc1. The molecule has 0 saturated heterocycles. The molecule has 6 rings (SSSR count). The zero-order valence-corrected chi connectivity index (χ0v) is 17.6. The Labute approximate surface area is 182 Å². The van der Waals surface area contributed by atoms with Gasteiger partial charge in [-0.3, -0.25) is 4.98 Å². The minimum absolute atomic E-state index is 0.840. The summed E-state index contributed by atoms with van der Waals surface area (Å²) < 4.78 is 6.13. The Bertz CT molecular complexity index is 1360. The zero-order valence-electron chi connectivity index (χ0n) is 17.6. The van der Waals surface area contributed by atoms with E-state index in [0.717, 1.165) is 39.1 Å². The molecule has 1 aliphatic carbocycles. The summed E-state index contributed by atoms with van der Waals surface area (Å²) in [5.41, 5.74) is 7.87. The predicted octanol–water partition coefficient (Wildman–Crippen LogP) is 8.05. The first-order valence-electron chi connectivity index (χ1n) is 11.3. The number of furan rings is 1. The molecule has 0 N–H and O–H groups in total. The third kappa shape index (κ3) is 3.53. The lowest BCUT2D eigenvalue weighted by Crippen LogP contribution is -1.99. The Balaban J connectivity index is 1.41. The van der Waals surface area contributed by atoms with Crippen LogP contribution in [-0.4, -0.2) is 4.98 Å². The summed E-state index contributed by atoms with van der Waals surface area (Å²) in [5, 5.41) is 2.30. The molecular weight excluding hydrogens is 378 g/mol. The monoisotopic (exact) mass is 403 g/mol. The molecule has 1 saturated carbocycles. The van der Waals surface area contributed by atoms with Gasteiger partial charge in [0.1, 0.15) is 11.2 Å². The number of rotatable bonds is 4. The molecule has 1 fully saturated rings. The summed E-state index contributed by atoms with van der Waals surface area (Å²) in [6.45, 7) is 0. The van der Waals surface area contributed by atoms with Crippen LogP contribution in [0.3, 0.4) is 0 Å². The highest BCUT2D eigenvalue weighted by Crippen LogP contribution is 2.35. The molecule has 0 bridgehead atoms. The second kappa shape index (κ2) is 7.70. The van der Waals surface area contributed by atoms with Crippen LogP contribution < -0.4 is 0 Å². The van der Waals surface area contributed by atoms with Gasteiger partial charge in [-0.05, 0) is 71.5 Å². The highest BCUT2D eigenvalue weighted by molar-refractivity contribution is 6.07. The summed E-state index contributed by atoms with van der Waals surface area (Å²) >= 11 is 0. The lowest BCUT2D eigenvalue weighted by atomic mass is 9.97. The molecule has 2 nitrogen and oxygen atoms in total. The molecule has 5 aromatic rings. The predicted molar refractivity (Wildman–Crippen MR) is 128 cm³/mol. The zero-order chi connectivity index (χ0) is 20.6. The van der Waals surface area contributed by atoms with Gasteiger partial charge in [-0.1, -0.05) is 62.1 Å². The van der Waals surface area contributed by atoms with Crippen molar-refractivity contribution in [2.45, 2.75) is 32.1 Å². The van der Waals surface area contributed by atoms with Crippen LogP contribution in [0.5, 0.6) is 0 Å². The van der Waals surface area contributed by atoms with Gasteiger partial charge in [-0.25, -0.2) is 0 Å². The molecule has 2 heteroatoms. The fourth-order valence-corrected chi connectivity index (χ4v) is 5.05. The first-order valence-corrected chi connectivity index (χ1v) is 11.3. The highest BCUT2D eigenvalue weighted by atomic mass is 16.3. The van der Waals surface area contributed by atoms with Crippen LogP contribution in [0.25, 0.3) is 44.3 Å². The number of aromatic nitrogens is 1. The van der Waals surface area contributed by atoms with Crippen molar-refractivity contribution in [1.82, 2.24) is 4.98 Å². The van der Waals surface area contributed by atoms with Crippen LogP contribution in [0.15, 0.2) is 89.5 Å². The van der Waals surface area contributed by atoms with E-state index in [1.807, 2.05) is 6.20 Å².